The van der Waals surface area contributed by atoms with E-state index >= 15 is 0 Å². The van der Waals surface area contributed by atoms with Crippen LogP contribution in [0, 0.1) is 6.92 Å². The first-order valence-electron chi connectivity index (χ1n) is 3.99. The number of halogens is 1. The van der Waals surface area contributed by atoms with E-state index in [0.717, 1.165) is 21.4 Å². The molecule has 0 aliphatic carbocycles. The summed E-state index contributed by atoms with van der Waals surface area (Å²) in [6.45, 7) is 1.97. The lowest BCUT2D eigenvalue weighted by molar-refractivity contribution is 1.36. The summed E-state index contributed by atoms with van der Waals surface area (Å²) in [5, 5.41) is 2.74. The zero-order valence-corrected chi connectivity index (χ0v) is 7.97. The molecule has 0 saturated heterocycles. The highest BCUT2D eigenvalue weighted by atomic mass is 35.5. The fraction of sp³-hybridized carbons (Fsp3) is 0.100. The number of hydrogen-bond acceptors (Lipinski definition) is 2. The van der Waals surface area contributed by atoms with E-state index in [-0.39, 0.29) is 0 Å². The number of nitrogens with two attached hydrogens (primary N) is 1. The van der Waals surface area contributed by atoms with Crippen molar-refractivity contribution < 1.29 is 0 Å². The highest BCUT2D eigenvalue weighted by Crippen LogP contribution is 2.26. The number of aryl methyl sites for hydroxylation is 1. The Morgan fingerprint density at radius 3 is 2.92 bits per heavy atom. The van der Waals surface area contributed by atoms with Crippen molar-refractivity contribution >= 4 is 28.2 Å². The van der Waals surface area contributed by atoms with E-state index in [2.05, 4.69) is 4.98 Å². The van der Waals surface area contributed by atoms with Gasteiger partial charge < -0.3 is 5.73 Å². The third-order valence-corrected chi connectivity index (χ3v) is 2.55. The first-order chi connectivity index (χ1) is 6.18. The van der Waals surface area contributed by atoms with Crippen molar-refractivity contribution in [1.82, 2.24) is 4.98 Å². The molecule has 0 fully saturated rings. The van der Waals surface area contributed by atoms with Gasteiger partial charge in [0.25, 0.3) is 0 Å². The zero-order chi connectivity index (χ0) is 9.42. The number of aromatic nitrogens is 1. The summed E-state index contributed by atoms with van der Waals surface area (Å²) in [7, 11) is 0. The Hall–Kier alpha value is -1.28. The van der Waals surface area contributed by atoms with Crippen molar-refractivity contribution in [3.63, 3.8) is 0 Å². The van der Waals surface area contributed by atoms with Gasteiger partial charge in [-0.2, -0.15) is 0 Å². The lowest BCUT2D eigenvalue weighted by Crippen LogP contribution is -1.89. The van der Waals surface area contributed by atoms with Crippen LogP contribution >= 0.6 is 11.6 Å². The summed E-state index contributed by atoms with van der Waals surface area (Å²) in [5.41, 5.74) is 6.61. The highest BCUT2D eigenvalue weighted by Gasteiger charge is 2.02. The molecule has 1 aromatic heterocycles. The van der Waals surface area contributed by atoms with Crippen molar-refractivity contribution in [2.45, 2.75) is 6.92 Å². The molecule has 0 radical (unpaired) electrons. The smallest absolute Gasteiger partial charge is 0.123 e. The second-order valence-electron chi connectivity index (χ2n) is 3.03. The Morgan fingerprint density at radius 2 is 2.15 bits per heavy atom. The second-order valence-corrected chi connectivity index (χ2v) is 3.40. The summed E-state index contributed by atoms with van der Waals surface area (Å²) in [6, 6.07) is 5.79. The minimum Gasteiger partial charge on any atom is -0.384 e. The van der Waals surface area contributed by atoms with Gasteiger partial charge in [-0.05, 0) is 23.9 Å². The number of nitrogens with zero attached hydrogens (tertiary/aromatic N) is 1. The van der Waals surface area contributed by atoms with Crippen LogP contribution < -0.4 is 5.73 Å². The number of fused-ring (bicyclic) bond motifs is 1. The molecule has 2 rings (SSSR count). The topological polar surface area (TPSA) is 38.9 Å². The molecule has 66 valence electrons. The quantitative estimate of drug-likeness (QED) is 0.697. The molecule has 0 unspecified atom stereocenters. The molecule has 0 aliphatic rings. The van der Waals surface area contributed by atoms with Gasteiger partial charge in [-0.3, -0.25) is 0 Å². The molecule has 2 N–H and O–H groups in total. The molecule has 0 amide bonds. The molecule has 0 aliphatic heterocycles. The van der Waals surface area contributed by atoms with Gasteiger partial charge in [0, 0.05) is 11.6 Å². The first kappa shape index (κ1) is 8.32. The van der Waals surface area contributed by atoms with Gasteiger partial charge in [0.1, 0.15) is 5.82 Å². The summed E-state index contributed by atoms with van der Waals surface area (Å²) in [4.78, 5) is 4.00. The number of benzene rings is 1. The van der Waals surface area contributed by atoms with Gasteiger partial charge >= 0.3 is 0 Å². The second kappa shape index (κ2) is 2.89. The Kier molecular flexibility index (Phi) is 1.85. The molecular formula is C10H9ClN2. The van der Waals surface area contributed by atoms with E-state index < -0.39 is 0 Å². The predicted octanol–water partition coefficient (Wildman–Crippen LogP) is 2.78. The van der Waals surface area contributed by atoms with Crippen LogP contribution in [-0.4, -0.2) is 4.98 Å². The summed E-state index contributed by atoms with van der Waals surface area (Å²) in [6.07, 6.45) is 1.71. The van der Waals surface area contributed by atoms with Crippen LogP contribution in [0.5, 0.6) is 0 Å². The van der Waals surface area contributed by atoms with Gasteiger partial charge in [0.05, 0.1) is 5.02 Å². The van der Waals surface area contributed by atoms with Crippen LogP contribution in [0.1, 0.15) is 5.56 Å². The van der Waals surface area contributed by atoms with E-state index in [9.17, 15) is 0 Å². The minimum absolute atomic E-state index is 0.521. The Morgan fingerprint density at radius 1 is 1.38 bits per heavy atom. The van der Waals surface area contributed by atoms with Crippen LogP contribution in [0.2, 0.25) is 5.02 Å². The Labute approximate surface area is 81.3 Å². The van der Waals surface area contributed by atoms with Crippen molar-refractivity contribution in [2.75, 3.05) is 5.73 Å². The van der Waals surface area contributed by atoms with Gasteiger partial charge in [0.15, 0.2) is 0 Å². The van der Waals surface area contributed by atoms with E-state index in [4.69, 9.17) is 17.3 Å². The standard InChI is InChI=1S/C10H9ClN2/c1-6-2-3-7-4-9(12)13-5-8(7)10(6)11/h2-5H,1H3,(H2,12,13). The van der Waals surface area contributed by atoms with E-state index in [1.54, 1.807) is 6.20 Å². The molecule has 2 nitrogen and oxygen atoms in total. The Balaban J connectivity index is 2.87. The Bertz CT molecular complexity index is 466. The lowest BCUT2D eigenvalue weighted by atomic mass is 10.1. The fourth-order valence-electron chi connectivity index (χ4n) is 1.31. The number of anilines is 1. The van der Waals surface area contributed by atoms with Gasteiger partial charge in [-0.1, -0.05) is 23.7 Å². The molecular weight excluding hydrogens is 184 g/mol. The van der Waals surface area contributed by atoms with Gasteiger partial charge in [-0.15, -0.1) is 0 Å². The molecule has 2 aromatic rings. The summed E-state index contributed by atoms with van der Waals surface area (Å²) >= 11 is 6.10. The minimum atomic E-state index is 0.521. The number of pyridine rings is 1. The molecule has 1 aromatic carbocycles. The monoisotopic (exact) mass is 192 g/mol. The average Bonchev–Trinajstić information content (AvgIpc) is 2.12. The number of rotatable bonds is 0. The van der Waals surface area contributed by atoms with Crippen molar-refractivity contribution in [2.24, 2.45) is 0 Å². The summed E-state index contributed by atoms with van der Waals surface area (Å²) < 4.78 is 0. The lowest BCUT2D eigenvalue weighted by Gasteiger charge is -2.03. The largest absolute Gasteiger partial charge is 0.384 e. The highest BCUT2D eigenvalue weighted by molar-refractivity contribution is 6.36. The predicted molar refractivity (Wildman–Crippen MR) is 55.9 cm³/mol. The molecule has 1 heterocycles. The van der Waals surface area contributed by atoms with Crippen LogP contribution in [0.3, 0.4) is 0 Å². The molecule has 0 bridgehead atoms. The van der Waals surface area contributed by atoms with E-state index in [1.807, 2.05) is 25.1 Å². The van der Waals surface area contributed by atoms with Crippen LogP contribution in [-0.2, 0) is 0 Å². The third-order valence-electron chi connectivity index (χ3n) is 2.05. The number of hydrogen-bond donors (Lipinski definition) is 1. The third kappa shape index (κ3) is 1.33. The van der Waals surface area contributed by atoms with Crippen LogP contribution in [0.25, 0.3) is 10.8 Å². The van der Waals surface area contributed by atoms with Gasteiger partial charge in [0.2, 0.25) is 0 Å². The molecule has 13 heavy (non-hydrogen) atoms. The van der Waals surface area contributed by atoms with Crippen LogP contribution in [0.15, 0.2) is 24.4 Å². The zero-order valence-electron chi connectivity index (χ0n) is 7.21. The maximum Gasteiger partial charge on any atom is 0.123 e. The van der Waals surface area contributed by atoms with E-state index in [1.165, 1.54) is 0 Å². The molecule has 0 spiro atoms. The van der Waals surface area contributed by atoms with Crippen molar-refractivity contribution in [3.8, 4) is 0 Å². The number of nitrogen functional groups attached to an aromatic ring is 1. The fourth-order valence-corrected chi connectivity index (χ4v) is 1.53. The molecule has 0 atom stereocenters. The van der Waals surface area contributed by atoms with Crippen LogP contribution in [0.4, 0.5) is 5.82 Å². The van der Waals surface area contributed by atoms with Crippen molar-refractivity contribution in [1.29, 1.82) is 0 Å². The van der Waals surface area contributed by atoms with Crippen molar-refractivity contribution in [3.05, 3.63) is 35.0 Å². The summed E-state index contributed by atoms with van der Waals surface area (Å²) in [5.74, 6) is 0.521. The van der Waals surface area contributed by atoms with Gasteiger partial charge in [-0.25, -0.2) is 4.98 Å². The van der Waals surface area contributed by atoms with E-state index in [0.29, 0.717) is 5.82 Å². The SMILES string of the molecule is Cc1ccc2cc(N)ncc2c1Cl. The average molecular weight is 193 g/mol. The first-order valence-corrected chi connectivity index (χ1v) is 4.36. The maximum absolute atomic E-state index is 6.10. The normalized spacial score (nSPS) is 10.6. The molecule has 3 heteroatoms. The maximum atomic E-state index is 6.10. The molecule has 0 saturated carbocycles.